The maximum atomic E-state index is 12.6. The van der Waals surface area contributed by atoms with Crippen LogP contribution in [0, 0.1) is 16.4 Å². The van der Waals surface area contributed by atoms with E-state index in [9.17, 15) is 13.2 Å². The minimum atomic E-state index is -4.02. The highest BCUT2D eigenvalue weighted by Gasteiger charge is 2.41. The van der Waals surface area contributed by atoms with Crippen LogP contribution >= 0.6 is 22.6 Å². The van der Waals surface area contributed by atoms with Crippen LogP contribution in [0.3, 0.4) is 0 Å². The van der Waals surface area contributed by atoms with E-state index in [1.165, 1.54) is 9.13 Å². The lowest BCUT2D eigenvalue weighted by molar-refractivity contribution is -0.182. The lowest BCUT2D eigenvalue weighted by atomic mass is 9.85. The molecule has 0 spiro atoms. The molecular weight excluding hydrogens is 366 g/mol. The molecule has 0 aromatic heterocycles. The SMILES string of the molecule is Cc1ccc(NC2CCC(C(F)(F)F)CC2)cc1I. The maximum Gasteiger partial charge on any atom is 0.391 e. The third-order valence-corrected chi connectivity index (χ3v) is 4.89. The third-order valence-electron chi connectivity index (χ3n) is 3.73. The summed E-state index contributed by atoms with van der Waals surface area (Å²) in [4.78, 5) is 0. The topological polar surface area (TPSA) is 12.0 Å². The molecule has 5 heteroatoms. The summed E-state index contributed by atoms with van der Waals surface area (Å²) in [6, 6.07) is 6.24. The molecule has 0 radical (unpaired) electrons. The molecule has 1 aliphatic rings. The van der Waals surface area contributed by atoms with E-state index in [0.29, 0.717) is 12.8 Å². The van der Waals surface area contributed by atoms with E-state index in [2.05, 4.69) is 27.9 Å². The summed E-state index contributed by atoms with van der Waals surface area (Å²) in [5.74, 6) is -1.11. The van der Waals surface area contributed by atoms with Gasteiger partial charge in [-0.15, -0.1) is 0 Å². The van der Waals surface area contributed by atoms with Crippen LogP contribution in [-0.2, 0) is 0 Å². The summed E-state index contributed by atoms with van der Waals surface area (Å²) < 4.78 is 38.9. The van der Waals surface area contributed by atoms with Gasteiger partial charge in [0.1, 0.15) is 0 Å². The van der Waals surface area contributed by atoms with Crippen molar-refractivity contribution >= 4 is 28.3 Å². The van der Waals surface area contributed by atoms with Crippen molar-refractivity contribution in [2.45, 2.75) is 44.8 Å². The van der Waals surface area contributed by atoms with Gasteiger partial charge in [-0.05, 0) is 72.9 Å². The summed E-state index contributed by atoms with van der Waals surface area (Å²) in [5, 5.41) is 3.35. The van der Waals surface area contributed by atoms with E-state index < -0.39 is 12.1 Å². The molecule has 1 aliphatic carbocycles. The van der Waals surface area contributed by atoms with Crippen molar-refractivity contribution in [3.05, 3.63) is 27.3 Å². The Bertz CT molecular complexity index is 437. The van der Waals surface area contributed by atoms with Crippen LogP contribution in [0.15, 0.2) is 18.2 Å². The highest BCUT2D eigenvalue weighted by Crippen LogP contribution is 2.38. The normalized spacial score (nSPS) is 24.3. The Morgan fingerprint density at radius 3 is 2.32 bits per heavy atom. The van der Waals surface area contributed by atoms with E-state index in [1.54, 1.807) is 0 Å². The zero-order valence-electron chi connectivity index (χ0n) is 10.7. The molecule has 1 fully saturated rings. The van der Waals surface area contributed by atoms with Gasteiger partial charge in [-0.25, -0.2) is 0 Å². The predicted octanol–water partition coefficient (Wildman–Crippen LogP) is 5.13. The van der Waals surface area contributed by atoms with E-state index in [-0.39, 0.29) is 18.9 Å². The van der Waals surface area contributed by atoms with E-state index in [4.69, 9.17) is 0 Å². The number of benzene rings is 1. The Morgan fingerprint density at radius 2 is 1.79 bits per heavy atom. The van der Waals surface area contributed by atoms with Crippen molar-refractivity contribution < 1.29 is 13.2 Å². The van der Waals surface area contributed by atoms with E-state index >= 15 is 0 Å². The molecule has 0 amide bonds. The minimum Gasteiger partial charge on any atom is -0.382 e. The molecular formula is C14H17F3IN. The molecule has 0 heterocycles. The number of anilines is 1. The van der Waals surface area contributed by atoms with Crippen LogP contribution in [0.2, 0.25) is 0 Å². The Labute approximate surface area is 125 Å². The van der Waals surface area contributed by atoms with Gasteiger partial charge in [0.15, 0.2) is 0 Å². The first-order valence-corrected chi connectivity index (χ1v) is 7.53. The van der Waals surface area contributed by atoms with Crippen molar-refractivity contribution in [3.8, 4) is 0 Å². The Morgan fingerprint density at radius 1 is 1.16 bits per heavy atom. The second kappa shape index (κ2) is 5.89. The maximum absolute atomic E-state index is 12.6. The molecule has 19 heavy (non-hydrogen) atoms. The fraction of sp³-hybridized carbons (Fsp3) is 0.571. The summed E-state index contributed by atoms with van der Waals surface area (Å²) >= 11 is 2.27. The van der Waals surface area contributed by atoms with Crippen molar-refractivity contribution in [3.63, 3.8) is 0 Å². The van der Waals surface area contributed by atoms with Crippen LogP contribution in [0.1, 0.15) is 31.2 Å². The molecule has 106 valence electrons. The quantitative estimate of drug-likeness (QED) is 0.698. The molecule has 1 saturated carbocycles. The van der Waals surface area contributed by atoms with Crippen molar-refractivity contribution in [1.29, 1.82) is 0 Å². The van der Waals surface area contributed by atoms with Gasteiger partial charge in [0.2, 0.25) is 0 Å². The van der Waals surface area contributed by atoms with Crippen LogP contribution in [0.5, 0.6) is 0 Å². The molecule has 0 atom stereocenters. The smallest absolute Gasteiger partial charge is 0.382 e. The Balaban J connectivity index is 1.90. The van der Waals surface area contributed by atoms with Crippen molar-refractivity contribution in [1.82, 2.24) is 0 Å². The van der Waals surface area contributed by atoms with Gasteiger partial charge in [0, 0.05) is 15.3 Å². The summed E-state index contributed by atoms with van der Waals surface area (Å²) in [7, 11) is 0. The van der Waals surface area contributed by atoms with Gasteiger partial charge < -0.3 is 5.32 Å². The molecule has 0 saturated heterocycles. The van der Waals surface area contributed by atoms with Crippen LogP contribution in [-0.4, -0.2) is 12.2 Å². The first kappa shape index (κ1) is 14.9. The zero-order chi connectivity index (χ0) is 14.0. The first-order valence-electron chi connectivity index (χ1n) is 6.45. The van der Waals surface area contributed by atoms with Crippen LogP contribution in [0.4, 0.5) is 18.9 Å². The van der Waals surface area contributed by atoms with E-state index in [1.807, 2.05) is 25.1 Å². The zero-order valence-corrected chi connectivity index (χ0v) is 12.9. The lowest BCUT2D eigenvalue weighted by Crippen LogP contribution is -2.32. The van der Waals surface area contributed by atoms with Crippen molar-refractivity contribution in [2.75, 3.05) is 5.32 Å². The number of alkyl halides is 3. The molecule has 1 aromatic carbocycles. The van der Waals surface area contributed by atoms with Gasteiger partial charge in [-0.2, -0.15) is 13.2 Å². The minimum absolute atomic E-state index is 0.164. The number of rotatable bonds is 2. The number of nitrogens with one attached hydrogen (secondary N) is 1. The third kappa shape index (κ3) is 4.00. The fourth-order valence-corrected chi connectivity index (χ4v) is 3.00. The van der Waals surface area contributed by atoms with Crippen LogP contribution in [0.25, 0.3) is 0 Å². The second-order valence-corrected chi connectivity index (χ2v) is 6.36. The molecule has 1 aromatic rings. The van der Waals surface area contributed by atoms with Gasteiger partial charge in [0.25, 0.3) is 0 Å². The van der Waals surface area contributed by atoms with Gasteiger partial charge in [-0.3, -0.25) is 0 Å². The number of hydrogen-bond donors (Lipinski definition) is 1. The first-order chi connectivity index (χ1) is 8.86. The predicted molar refractivity (Wildman–Crippen MR) is 79.3 cm³/mol. The average Bonchev–Trinajstić information content (AvgIpc) is 2.33. The Kier molecular flexibility index (Phi) is 4.63. The molecule has 1 N–H and O–H groups in total. The summed E-state index contributed by atoms with van der Waals surface area (Å²) in [6.07, 6.45) is -2.36. The summed E-state index contributed by atoms with van der Waals surface area (Å²) in [5.41, 5.74) is 2.22. The lowest BCUT2D eigenvalue weighted by Gasteiger charge is -2.31. The number of halogens is 4. The Hall–Kier alpha value is -0.460. The van der Waals surface area contributed by atoms with Crippen molar-refractivity contribution in [2.24, 2.45) is 5.92 Å². The van der Waals surface area contributed by atoms with Gasteiger partial charge in [0.05, 0.1) is 5.92 Å². The average molecular weight is 383 g/mol. The van der Waals surface area contributed by atoms with Gasteiger partial charge >= 0.3 is 6.18 Å². The van der Waals surface area contributed by atoms with E-state index in [0.717, 1.165) is 5.69 Å². The molecule has 1 nitrogen and oxygen atoms in total. The van der Waals surface area contributed by atoms with Gasteiger partial charge in [-0.1, -0.05) is 6.07 Å². The molecule has 0 bridgehead atoms. The molecule has 0 unspecified atom stereocenters. The standard InChI is InChI=1S/C14H17F3IN/c1-9-2-5-12(8-13(9)18)19-11-6-3-10(4-7-11)14(15,16)17/h2,5,8,10-11,19H,3-4,6-7H2,1H3. The fourth-order valence-electron chi connectivity index (χ4n) is 2.48. The summed E-state index contributed by atoms with van der Waals surface area (Å²) in [6.45, 7) is 2.04. The molecule has 2 rings (SSSR count). The highest BCUT2D eigenvalue weighted by atomic mass is 127. The highest BCUT2D eigenvalue weighted by molar-refractivity contribution is 14.1. The number of aryl methyl sites for hydroxylation is 1. The van der Waals surface area contributed by atoms with Crippen LogP contribution < -0.4 is 5.32 Å². The number of hydrogen-bond acceptors (Lipinski definition) is 1. The second-order valence-electron chi connectivity index (χ2n) is 5.20. The largest absolute Gasteiger partial charge is 0.391 e. The monoisotopic (exact) mass is 383 g/mol. The molecule has 0 aliphatic heterocycles.